The van der Waals surface area contributed by atoms with E-state index < -0.39 is 5.97 Å². The van der Waals surface area contributed by atoms with Gasteiger partial charge in [-0.1, -0.05) is 0 Å². The van der Waals surface area contributed by atoms with Gasteiger partial charge < -0.3 is 10.4 Å². The average molecular weight is 196 g/mol. The van der Waals surface area contributed by atoms with Crippen molar-refractivity contribution >= 4 is 11.9 Å². The minimum absolute atomic E-state index is 0.0269. The van der Waals surface area contributed by atoms with E-state index in [0.717, 1.165) is 19.3 Å². The first-order valence-corrected chi connectivity index (χ1v) is 4.60. The maximum Gasteiger partial charge on any atom is 0.374 e. The second-order valence-corrected chi connectivity index (χ2v) is 3.36. The van der Waals surface area contributed by atoms with Crippen molar-refractivity contribution < 1.29 is 9.90 Å². The summed E-state index contributed by atoms with van der Waals surface area (Å²) in [6, 6.07) is 0.249. The normalized spacial score (nSPS) is 16.4. The van der Waals surface area contributed by atoms with Crippen molar-refractivity contribution in [3.05, 3.63) is 5.82 Å². The van der Waals surface area contributed by atoms with Crippen LogP contribution in [-0.2, 0) is 0 Å². The van der Waals surface area contributed by atoms with Gasteiger partial charge in [-0.05, 0) is 19.3 Å². The number of rotatable bonds is 3. The van der Waals surface area contributed by atoms with Gasteiger partial charge in [0.1, 0.15) is 0 Å². The Morgan fingerprint density at radius 2 is 2.29 bits per heavy atom. The molecule has 0 unspecified atom stereocenters. The summed E-state index contributed by atoms with van der Waals surface area (Å²) in [5.74, 6) is -0.461. The zero-order valence-electron chi connectivity index (χ0n) is 7.90. The SMILES string of the molecule is CNc1nnc(C(=O)O)n1C1CCC1. The fraction of sp³-hybridized carbons (Fsp3) is 0.625. The Balaban J connectivity index is 2.40. The smallest absolute Gasteiger partial charge is 0.374 e. The largest absolute Gasteiger partial charge is 0.475 e. The molecule has 0 atom stereocenters. The summed E-state index contributed by atoms with van der Waals surface area (Å²) in [6.07, 6.45) is 3.16. The van der Waals surface area contributed by atoms with Crippen LogP contribution in [0, 0.1) is 0 Å². The number of nitrogens with zero attached hydrogens (tertiary/aromatic N) is 3. The molecule has 1 aliphatic carbocycles. The lowest BCUT2D eigenvalue weighted by atomic mass is 9.93. The fourth-order valence-corrected chi connectivity index (χ4v) is 1.60. The van der Waals surface area contributed by atoms with Crippen molar-refractivity contribution in [3.8, 4) is 0 Å². The van der Waals surface area contributed by atoms with Gasteiger partial charge in [0.25, 0.3) is 0 Å². The van der Waals surface area contributed by atoms with E-state index >= 15 is 0 Å². The van der Waals surface area contributed by atoms with Crippen LogP contribution in [0.15, 0.2) is 0 Å². The second kappa shape index (κ2) is 3.28. The summed E-state index contributed by atoms with van der Waals surface area (Å²) in [5.41, 5.74) is 0. The first-order valence-electron chi connectivity index (χ1n) is 4.60. The van der Waals surface area contributed by atoms with Gasteiger partial charge in [-0.15, -0.1) is 10.2 Å². The molecule has 76 valence electrons. The van der Waals surface area contributed by atoms with Crippen molar-refractivity contribution in [2.24, 2.45) is 0 Å². The monoisotopic (exact) mass is 196 g/mol. The van der Waals surface area contributed by atoms with Gasteiger partial charge in [-0.2, -0.15) is 0 Å². The maximum absolute atomic E-state index is 10.8. The summed E-state index contributed by atoms with van der Waals surface area (Å²) < 4.78 is 1.67. The number of hydrogen-bond donors (Lipinski definition) is 2. The van der Waals surface area contributed by atoms with E-state index in [-0.39, 0.29) is 11.9 Å². The van der Waals surface area contributed by atoms with Gasteiger partial charge in [0.05, 0.1) is 0 Å². The third kappa shape index (κ3) is 1.23. The van der Waals surface area contributed by atoms with Gasteiger partial charge in [0, 0.05) is 13.1 Å². The fourth-order valence-electron chi connectivity index (χ4n) is 1.60. The molecular formula is C8H12N4O2. The van der Waals surface area contributed by atoms with Crippen molar-refractivity contribution in [3.63, 3.8) is 0 Å². The third-order valence-corrected chi connectivity index (χ3v) is 2.55. The average Bonchev–Trinajstić information content (AvgIpc) is 2.45. The molecule has 6 nitrogen and oxygen atoms in total. The molecule has 0 aromatic carbocycles. The Labute approximate surface area is 80.9 Å². The predicted molar refractivity (Wildman–Crippen MR) is 49.4 cm³/mol. The highest BCUT2D eigenvalue weighted by Gasteiger charge is 2.28. The van der Waals surface area contributed by atoms with Crippen molar-refractivity contribution in [2.75, 3.05) is 12.4 Å². The van der Waals surface area contributed by atoms with Crippen LogP contribution in [0.1, 0.15) is 35.9 Å². The van der Waals surface area contributed by atoms with Crippen molar-refractivity contribution in [1.82, 2.24) is 14.8 Å². The zero-order valence-corrected chi connectivity index (χ0v) is 7.90. The molecule has 0 aliphatic heterocycles. The van der Waals surface area contributed by atoms with Gasteiger partial charge >= 0.3 is 5.97 Å². The van der Waals surface area contributed by atoms with Crippen molar-refractivity contribution in [1.29, 1.82) is 0 Å². The van der Waals surface area contributed by atoms with E-state index in [1.165, 1.54) is 0 Å². The van der Waals surface area contributed by atoms with E-state index in [9.17, 15) is 4.79 Å². The van der Waals surface area contributed by atoms with E-state index in [1.54, 1.807) is 11.6 Å². The Morgan fingerprint density at radius 1 is 1.57 bits per heavy atom. The van der Waals surface area contributed by atoms with Crippen molar-refractivity contribution in [2.45, 2.75) is 25.3 Å². The first kappa shape index (κ1) is 8.98. The van der Waals surface area contributed by atoms with Crippen LogP contribution in [0.5, 0.6) is 0 Å². The number of carboxylic acids is 1. The molecule has 0 saturated heterocycles. The molecule has 2 N–H and O–H groups in total. The van der Waals surface area contributed by atoms with E-state index in [1.807, 2.05) is 0 Å². The summed E-state index contributed by atoms with van der Waals surface area (Å²) >= 11 is 0. The minimum Gasteiger partial charge on any atom is -0.475 e. The Morgan fingerprint density at radius 3 is 2.71 bits per heavy atom. The molecule has 1 aliphatic rings. The molecule has 1 aromatic rings. The summed E-state index contributed by atoms with van der Waals surface area (Å²) in [7, 11) is 1.71. The highest BCUT2D eigenvalue weighted by atomic mass is 16.4. The number of carboxylic acid groups (broad SMARTS) is 1. The molecule has 0 spiro atoms. The number of aromatic nitrogens is 3. The number of hydrogen-bond acceptors (Lipinski definition) is 4. The number of aromatic carboxylic acids is 1. The Hall–Kier alpha value is -1.59. The van der Waals surface area contributed by atoms with Crippen LogP contribution in [0.2, 0.25) is 0 Å². The molecule has 1 aromatic heterocycles. The lowest BCUT2D eigenvalue weighted by molar-refractivity contribution is 0.0671. The topological polar surface area (TPSA) is 80.0 Å². The van der Waals surface area contributed by atoms with E-state index in [4.69, 9.17) is 5.11 Å². The molecule has 0 bridgehead atoms. The molecule has 14 heavy (non-hydrogen) atoms. The Bertz CT molecular complexity index is 356. The first-order chi connectivity index (χ1) is 6.74. The van der Waals surface area contributed by atoms with Gasteiger partial charge in [-0.3, -0.25) is 4.57 Å². The number of anilines is 1. The molecular weight excluding hydrogens is 184 g/mol. The molecule has 1 saturated carbocycles. The molecule has 1 fully saturated rings. The predicted octanol–water partition coefficient (Wildman–Crippen LogP) is 0.743. The second-order valence-electron chi connectivity index (χ2n) is 3.36. The van der Waals surface area contributed by atoms with Gasteiger partial charge in [0.2, 0.25) is 11.8 Å². The van der Waals surface area contributed by atoms with Crippen LogP contribution in [0.4, 0.5) is 5.95 Å². The third-order valence-electron chi connectivity index (χ3n) is 2.55. The van der Waals surface area contributed by atoms with Crippen LogP contribution in [0.25, 0.3) is 0 Å². The van der Waals surface area contributed by atoms with E-state index in [2.05, 4.69) is 15.5 Å². The lowest BCUT2D eigenvalue weighted by Crippen LogP contribution is -2.22. The summed E-state index contributed by atoms with van der Waals surface area (Å²) in [4.78, 5) is 10.8. The lowest BCUT2D eigenvalue weighted by Gasteiger charge is -2.28. The van der Waals surface area contributed by atoms with Gasteiger partial charge in [0.15, 0.2) is 0 Å². The van der Waals surface area contributed by atoms with Crippen LogP contribution in [-0.4, -0.2) is 32.9 Å². The number of carbonyl (C=O) groups is 1. The highest BCUT2D eigenvalue weighted by molar-refractivity contribution is 5.84. The van der Waals surface area contributed by atoms with Crippen LogP contribution < -0.4 is 5.32 Å². The van der Waals surface area contributed by atoms with Gasteiger partial charge in [-0.25, -0.2) is 4.79 Å². The maximum atomic E-state index is 10.8. The van der Waals surface area contributed by atoms with Crippen LogP contribution >= 0.6 is 0 Å². The molecule has 6 heteroatoms. The molecule has 1 heterocycles. The van der Waals surface area contributed by atoms with Crippen LogP contribution in [0.3, 0.4) is 0 Å². The van der Waals surface area contributed by atoms with E-state index in [0.29, 0.717) is 5.95 Å². The minimum atomic E-state index is -1.02. The Kier molecular flexibility index (Phi) is 2.11. The molecule has 0 radical (unpaired) electrons. The molecule has 2 rings (SSSR count). The summed E-state index contributed by atoms with van der Waals surface area (Å²) in [5, 5.41) is 19.2. The standard InChI is InChI=1S/C8H12N4O2/c1-9-8-11-10-6(7(13)14)12(8)5-3-2-4-5/h5H,2-4H2,1H3,(H,9,11)(H,13,14). The summed E-state index contributed by atoms with van der Waals surface area (Å²) in [6.45, 7) is 0. The highest BCUT2D eigenvalue weighted by Crippen LogP contribution is 2.34. The number of nitrogens with one attached hydrogen (secondary N) is 1. The quantitative estimate of drug-likeness (QED) is 0.745. The zero-order chi connectivity index (χ0) is 10.1. The molecule has 0 amide bonds.